The Balaban J connectivity index is 2.28. The van der Waals surface area contributed by atoms with Crippen molar-refractivity contribution in [3.05, 3.63) is 74.7 Å². The molecule has 1 unspecified atom stereocenters. The van der Waals surface area contributed by atoms with Gasteiger partial charge in [-0.15, -0.1) is 0 Å². The Bertz CT molecular complexity index is 888. The Morgan fingerprint density at radius 3 is 2.65 bits per heavy atom. The molecule has 1 aliphatic rings. The zero-order valence-electron chi connectivity index (χ0n) is 12.4. The number of aryl methyl sites for hydroxylation is 1. The van der Waals surface area contributed by atoms with Crippen LogP contribution in [0.5, 0.6) is 5.75 Å². The first-order valence-corrected chi connectivity index (χ1v) is 6.97. The van der Waals surface area contributed by atoms with E-state index in [1.807, 2.05) is 37.3 Å². The molecule has 0 saturated heterocycles. The average Bonchev–Trinajstić information content (AvgIpc) is 2.55. The van der Waals surface area contributed by atoms with Crippen LogP contribution in [0.3, 0.4) is 0 Å². The van der Waals surface area contributed by atoms with E-state index >= 15 is 0 Å². The van der Waals surface area contributed by atoms with Gasteiger partial charge in [-0.05, 0) is 12.5 Å². The highest BCUT2D eigenvalue weighted by Gasteiger charge is 2.34. The summed E-state index contributed by atoms with van der Waals surface area (Å²) in [6, 6.07) is 10.6. The molecular weight excluding hydrogens is 296 g/mol. The fraction of sp³-hybridized carbons (Fsp3) is 0.176. The maximum absolute atomic E-state index is 12.2. The van der Waals surface area contributed by atoms with Crippen molar-refractivity contribution in [1.29, 1.82) is 5.26 Å². The summed E-state index contributed by atoms with van der Waals surface area (Å²) in [5, 5.41) is 18.7. The van der Waals surface area contributed by atoms with Gasteiger partial charge in [0.1, 0.15) is 24.0 Å². The summed E-state index contributed by atoms with van der Waals surface area (Å²) in [7, 11) is 0. The lowest BCUT2D eigenvalue weighted by atomic mass is 9.87. The molecule has 1 aromatic heterocycles. The molecule has 0 radical (unpaired) electrons. The zero-order valence-corrected chi connectivity index (χ0v) is 12.4. The van der Waals surface area contributed by atoms with E-state index in [2.05, 4.69) is 0 Å². The first-order valence-electron chi connectivity index (χ1n) is 6.97. The second-order valence-electron chi connectivity index (χ2n) is 5.26. The number of aliphatic hydroxyl groups is 1. The van der Waals surface area contributed by atoms with Crippen LogP contribution < -0.4 is 15.9 Å². The van der Waals surface area contributed by atoms with Crippen LogP contribution in [0.4, 0.5) is 0 Å². The van der Waals surface area contributed by atoms with Crippen molar-refractivity contribution in [1.82, 2.24) is 0 Å². The lowest BCUT2D eigenvalue weighted by molar-refractivity contribution is 0.231. The van der Waals surface area contributed by atoms with E-state index in [0.29, 0.717) is 0 Å². The predicted molar refractivity (Wildman–Crippen MR) is 81.4 cm³/mol. The van der Waals surface area contributed by atoms with Gasteiger partial charge in [-0.1, -0.05) is 29.8 Å². The number of ether oxygens (including phenoxy) is 1. The van der Waals surface area contributed by atoms with Gasteiger partial charge >= 0.3 is 0 Å². The van der Waals surface area contributed by atoms with Gasteiger partial charge in [0.05, 0.1) is 5.92 Å². The van der Waals surface area contributed by atoms with Crippen LogP contribution in [0.2, 0.25) is 0 Å². The molecule has 6 nitrogen and oxygen atoms in total. The van der Waals surface area contributed by atoms with E-state index in [-0.39, 0.29) is 28.7 Å². The van der Waals surface area contributed by atoms with Crippen molar-refractivity contribution >= 4 is 0 Å². The molecule has 0 spiro atoms. The number of aliphatic hydroxyl groups excluding tert-OH is 1. The molecule has 0 bridgehead atoms. The van der Waals surface area contributed by atoms with Gasteiger partial charge in [0.15, 0.2) is 5.76 Å². The van der Waals surface area contributed by atoms with Gasteiger partial charge in [-0.25, -0.2) is 0 Å². The third-order valence-corrected chi connectivity index (χ3v) is 3.70. The normalized spacial score (nSPS) is 16.5. The topological polar surface area (TPSA) is 109 Å². The molecule has 1 atom stereocenters. The third kappa shape index (κ3) is 2.47. The van der Waals surface area contributed by atoms with Crippen LogP contribution in [0.15, 0.2) is 51.0 Å². The molecule has 2 aromatic rings. The highest BCUT2D eigenvalue weighted by Crippen LogP contribution is 2.40. The number of nitrogens with two attached hydrogens (primary N) is 1. The SMILES string of the molecule is Cc1ccc(C2C(C#N)=C(N)Oc3c2oc(CO)cc3=O)cc1. The van der Waals surface area contributed by atoms with E-state index in [1.165, 1.54) is 0 Å². The van der Waals surface area contributed by atoms with Crippen molar-refractivity contribution in [3.63, 3.8) is 0 Å². The molecule has 23 heavy (non-hydrogen) atoms. The van der Waals surface area contributed by atoms with Gasteiger partial charge in [0, 0.05) is 6.07 Å². The lowest BCUT2D eigenvalue weighted by Crippen LogP contribution is -2.25. The molecule has 3 N–H and O–H groups in total. The molecule has 6 heteroatoms. The largest absolute Gasteiger partial charge is 0.458 e. The second-order valence-corrected chi connectivity index (χ2v) is 5.26. The Kier molecular flexibility index (Phi) is 3.64. The number of nitrogens with zero attached hydrogens (tertiary/aromatic N) is 1. The molecule has 0 fully saturated rings. The summed E-state index contributed by atoms with van der Waals surface area (Å²) in [4.78, 5) is 12.2. The fourth-order valence-corrected chi connectivity index (χ4v) is 2.55. The van der Waals surface area contributed by atoms with Crippen LogP contribution in [0.25, 0.3) is 0 Å². The third-order valence-electron chi connectivity index (χ3n) is 3.70. The Hall–Kier alpha value is -3.04. The number of hydrogen-bond donors (Lipinski definition) is 2. The Morgan fingerprint density at radius 1 is 1.35 bits per heavy atom. The number of rotatable bonds is 2. The highest BCUT2D eigenvalue weighted by atomic mass is 16.5. The number of hydrogen-bond acceptors (Lipinski definition) is 6. The number of fused-ring (bicyclic) bond motifs is 1. The summed E-state index contributed by atoms with van der Waals surface area (Å²) >= 11 is 0. The minimum atomic E-state index is -0.649. The quantitative estimate of drug-likeness (QED) is 0.873. The molecular formula is C17H14N2O4. The van der Waals surface area contributed by atoms with Crippen LogP contribution in [-0.4, -0.2) is 5.11 Å². The first kappa shape index (κ1) is 14.9. The van der Waals surface area contributed by atoms with Gasteiger partial charge in [-0.2, -0.15) is 5.26 Å². The molecule has 0 aliphatic carbocycles. The maximum atomic E-state index is 12.2. The summed E-state index contributed by atoms with van der Waals surface area (Å²) in [6.07, 6.45) is 0. The molecule has 2 heterocycles. The molecule has 1 aliphatic heterocycles. The van der Waals surface area contributed by atoms with Crippen molar-refractivity contribution in [3.8, 4) is 11.8 Å². The summed E-state index contributed by atoms with van der Waals surface area (Å²) in [6.45, 7) is 1.52. The summed E-state index contributed by atoms with van der Waals surface area (Å²) in [5.74, 6) is -0.536. The van der Waals surface area contributed by atoms with Crippen LogP contribution in [-0.2, 0) is 6.61 Å². The molecule has 116 valence electrons. The zero-order chi connectivity index (χ0) is 16.6. The summed E-state index contributed by atoms with van der Waals surface area (Å²) in [5.41, 5.74) is 7.33. The standard InChI is InChI=1S/C17H14N2O4/c1-9-2-4-10(5-3-9)14-12(7-18)17(19)23-15-13(21)6-11(8-20)22-16(14)15/h2-6,14,20H,8,19H2,1H3. The molecule has 1 aromatic carbocycles. The van der Waals surface area contributed by atoms with E-state index in [9.17, 15) is 15.2 Å². The van der Waals surface area contributed by atoms with Crippen molar-refractivity contribution < 1.29 is 14.3 Å². The Labute approximate surface area is 132 Å². The van der Waals surface area contributed by atoms with Gasteiger partial charge in [-0.3, -0.25) is 4.79 Å². The molecule has 0 amide bonds. The van der Waals surface area contributed by atoms with Crippen molar-refractivity contribution in [2.24, 2.45) is 5.73 Å². The van der Waals surface area contributed by atoms with E-state index < -0.39 is 18.0 Å². The van der Waals surface area contributed by atoms with Crippen LogP contribution >= 0.6 is 0 Å². The summed E-state index contributed by atoms with van der Waals surface area (Å²) < 4.78 is 10.9. The highest BCUT2D eigenvalue weighted by molar-refractivity contribution is 5.52. The minimum Gasteiger partial charge on any atom is -0.458 e. The van der Waals surface area contributed by atoms with Crippen LogP contribution in [0.1, 0.15) is 28.6 Å². The number of nitriles is 1. The monoisotopic (exact) mass is 310 g/mol. The van der Waals surface area contributed by atoms with E-state index in [1.54, 1.807) is 0 Å². The average molecular weight is 310 g/mol. The minimum absolute atomic E-state index is 0.0516. The van der Waals surface area contributed by atoms with Crippen molar-refractivity contribution in [2.75, 3.05) is 0 Å². The van der Waals surface area contributed by atoms with E-state index in [4.69, 9.17) is 14.9 Å². The van der Waals surface area contributed by atoms with Crippen LogP contribution in [0, 0.1) is 18.3 Å². The number of benzene rings is 1. The maximum Gasteiger partial charge on any atom is 0.228 e. The predicted octanol–water partition coefficient (Wildman–Crippen LogP) is 1.66. The lowest BCUT2D eigenvalue weighted by Gasteiger charge is -2.24. The van der Waals surface area contributed by atoms with Gasteiger partial charge < -0.3 is 20.0 Å². The van der Waals surface area contributed by atoms with Gasteiger partial charge in [0.2, 0.25) is 17.1 Å². The second kappa shape index (κ2) is 5.63. The molecule has 0 saturated carbocycles. The Morgan fingerprint density at radius 2 is 2.04 bits per heavy atom. The molecule has 3 rings (SSSR count). The fourth-order valence-electron chi connectivity index (χ4n) is 2.55. The van der Waals surface area contributed by atoms with Crippen molar-refractivity contribution in [2.45, 2.75) is 19.4 Å². The van der Waals surface area contributed by atoms with E-state index in [0.717, 1.165) is 17.2 Å². The number of allylic oxidation sites excluding steroid dienone is 1. The smallest absolute Gasteiger partial charge is 0.228 e. The first-order chi connectivity index (χ1) is 11.0. The van der Waals surface area contributed by atoms with Gasteiger partial charge in [0.25, 0.3) is 0 Å².